The second-order valence-electron chi connectivity index (χ2n) is 7.69. The number of nitrogens with one attached hydrogen (secondary N) is 1. The number of fused-ring (bicyclic) bond motifs is 1. The van der Waals surface area contributed by atoms with Gasteiger partial charge in [-0.15, -0.1) is 0 Å². The van der Waals surface area contributed by atoms with Crippen LogP contribution in [0.15, 0.2) is 36.4 Å². The third-order valence-electron chi connectivity index (χ3n) is 5.89. The summed E-state index contributed by atoms with van der Waals surface area (Å²) in [6.45, 7) is 4.48. The highest BCUT2D eigenvalue weighted by Crippen LogP contribution is 2.31. The lowest BCUT2D eigenvalue weighted by Crippen LogP contribution is -2.31. The Morgan fingerprint density at radius 3 is 2.56 bits per heavy atom. The molecule has 2 aromatic carbocycles. The molecule has 3 heteroatoms. The first-order valence-electron chi connectivity index (χ1n) is 10.3. The molecule has 1 aliphatic carbocycles. The van der Waals surface area contributed by atoms with Gasteiger partial charge in [0.05, 0.1) is 0 Å². The van der Waals surface area contributed by atoms with Gasteiger partial charge in [0.2, 0.25) is 5.91 Å². The lowest BCUT2D eigenvalue weighted by Gasteiger charge is -2.23. The van der Waals surface area contributed by atoms with Crippen molar-refractivity contribution in [1.82, 2.24) is 5.48 Å². The maximum atomic E-state index is 11.7. The van der Waals surface area contributed by atoms with Gasteiger partial charge in [0.1, 0.15) is 0 Å². The molecule has 0 bridgehead atoms. The minimum Gasteiger partial charge on any atom is -0.289 e. The van der Waals surface area contributed by atoms with Crippen LogP contribution in [0.2, 0.25) is 0 Å². The van der Waals surface area contributed by atoms with Gasteiger partial charge in [-0.05, 0) is 71.9 Å². The highest BCUT2D eigenvalue weighted by molar-refractivity contribution is 5.78. The Morgan fingerprint density at radius 1 is 1.04 bits per heavy atom. The first-order chi connectivity index (χ1) is 13.2. The Hall–Kier alpha value is -2.13. The van der Waals surface area contributed by atoms with Gasteiger partial charge in [0.15, 0.2) is 0 Å². The molecule has 1 amide bonds. The standard InChI is InChI=1S/C24H31NO2/c1-3-5-6-7-18-14-19(9-8-17(18)4-2)20-10-11-22-16-23(24(26)25-27)13-12-21(22)15-20/h8-11,14-15,23,27H,3-7,12-13,16H2,1-2H3,(H,25,26). The molecule has 144 valence electrons. The van der Waals surface area contributed by atoms with E-state index in [9.17, 15) is 4.79 Å². The summed E-state index contributed by atoms with van der Waals surface area (Å²) in [4.78, 5) is 11.7. The third kappa shape index (κ3) is 4.59. The van der Waals surface area contributed by atoms with Crippen LogP contribution in [0.1, 0.15) is 61.8 Å². The molecular weight excluding hydrogens is 334 g/mol. The van der Waals surface area contributed by atoms with E-state index in [1.165, 1.54) is 52.6 Å². The second kappa shape index (κ2) is 9.18. The first-order valence-corrected chi connectivity index (χ1v) is 10.3. The molecule has 0 radical (unpaired) electrons. The van der Waals surface area contributed by atoms with Crippen molar-refractivity contribution in [2.45, 2.75) is 65.2 Å². The number of benzene rings is 2. The number of hydrogen-bond acceptors (Lipinski definition) is 2. The smallest absolute Gasteiger partial charge is 0.246 e. The summed E-state index contributed by atoms with van der Waals surface area (Å²) in [5.74, 6) is -0.390. The van der Waals surface area contributed by atoms with Crippen LogP contribution in [0.25, 0.3) is 11.1 Å². The van der Waals surface area contributed by atoms with Crippen LogP contribution in [-0.2, 0) is 30.5 Å². The van der Waals surface area contributed by atoms with Crippen LogP contribution in [-0.4, -0.2) is 11.1 Å². The fourth-order valence-electron chi connectivity index (χ4n) is 4.20. The van der Waals surface area contributed by atoms with E-state index in [0.717, 1.165) is 25.7 Å². The molecule has 0 fully saturated rings. The Morgan fingerprint density at radius 2 is 1.81 bits per heavy atom. The predicted octanol–water partition coefficient (Wildman–Crippen LogP) is 5.26. The molecule has 1 unspecified atom stereocenters. The fraction of sp³-hybridized carbons (Fsp3) is 0.458. The average Bonchev–Trinajstić information content (AvgIpc) is 2.72. The van der Waals surface area contributed by atoms with Crippen molar-refractivity contribution in [3.63, 3.8) is 0 Å². The van der Waals surface area contributed by atoms with Crippen molar-refractivity contribution < 1.29 is 10.0 Å². The number of hydroxylamine groups is 1. The van der Waals surface area contributed by atoms with Gasteiger partial charge in [0, 0.05) is 5.92 Å². The molecule has 3 rings (SSSR count). The van der Waals surface area contributed by atoms with Gasteiger partial charge in [-0.1, -0.05) is 63.1 Å². The van der Waals surface area contributed by atoms with Gasteiger partial charge >= 0.3 is 0 Å². The number of carbonyl (C=O) groups excluding carboxylic acids is 1. The third-order valence-corrected chi connectivity index (χ3v) is 5.89. The maximum absolute atomic E-state index is 11.7. The Bertz CT molecular complexity index is 797. The van der Waals surface area contributed by atoms with Crippen LogP contribution in [0.4, 0.5) is 0 Å². The molecule has 3 nitrogen and oxygen atoms in total. The average molecular weight is 366 g/mol. The van der Waals surface area contributed by atoms with E-state index >= 15 is 0 Å². The fourth-order valence-corrected chi connectivity index (χ4v) is 4.20. The van der Waals surface area contributed by atoms with E-state index in [4.69, 9.17) is 5.21 Å². The molecule has 2 aromatic rings. The van der Waals surface area contributed by atoms with E-state index in [1.807, 2.05) is 0 Å². The Kier molecular flexibility index (Phi) is 6.68. The van der Waals surface area contributed by atoms with E-state index in [2.05, 4.69) is 50.2 Å². The van der Waals surface area contributed by atoms with Gasteiger partial charge in [0.25, 0.3) is 0 Å². The van der Waals surface area contributed by atoms with Crippen molar-refractivity contribution in [3.05, 3.63) is 58.7 Å². The predicted molar refractivity (Wildman–Crippen MR) is 110 cm³/mol. The number of hydrogen-bond donors (Lipinski definition) is 2. The number of amides is 1. The molecule has 2 N–H and O–H groups in total. The lowest BCUT2D eigenvalue weighted by atomic mass is 9.82. The number of aryl methyl sites for hydroxylation is 3. The van der Waals surface area contributed by atoms with Gasteiger partial charge in [-0.2, -0.15) is 0 Å². The number of unbranched alkanes of at least 4 members (excludes halogenated alkanes) is 2. The SMILES string of the molecule is CCCCCc1cc(-c2ccc3c(c2)CCC(C(=O)NO)C3)ccc1CC. The van der Waals surface area contributed by atoms with Crippen molar-refractivity contribution in [2.24, 2.45) is 5.92 Å². The first kappa shape index (κ1) is 19.6. The summed E-state index contributed by atoms with van der Waals surface area (Å²) in [7, 11) is 0. The topological polar surface area (TPSA) is 49.3 Å². The Balaban J connectivity index is 1.83. The van der Waals surface area contributed by atoms with E-state index < -0.39 is 0 Å². The van der Waals surface area contributed by atoms with E-state index in [-0.39, 0.29) is 11.8 Å². The van der Waals surface area contributed by atoms with E-state index in [1.54, 1.807) is 5.48 Å². The van der Waals surface area contributed by atoms with Crippen molar-refractivity contribution in [3.8, 4) is 11.1 Å². The maximum Gasteiger partial charge on any atom is 0.246 e. The molecule has 0 aliphatic heterocycles. The quantitative estimate of drug-likeness (QED) is 0.399. The summed E-state index contributed by atoms with van der Waals surface area (Å²) < 4.78 is 0. The second-order valence-corrected chi connectivity index (χ2v) is 7.69. The molecular formula is C24H31NO2. The van der Waals surface area contributed by atoms with Crippen LogP contribution in [0.5, 0.6) is 0 Å². The largest absolute Gasteiger partial charge is 0.289 e. The molecule has 0 heterocycles. The minimum absolute atomic E-state index is 0.123. The van der Waals surface area contributed by atoms with Crippen LogP contribution in [0, 0.1) is 5.92 Å². The summed E-state index contributed by atoms with van der Waals surface area (Å²) >= 11 is 0. The molecule has 1 atom stereocenters. The van der Waals surface area contributed by atoms with Crippen LogP contribution in [0.3, 0.4) is 0 Å². The highest BCUT2D eigenvalue weighted by atomic mass is 16.5. The Labute approximate surface area is 162 Å². The van der Waals surface area contributed by atoms with Gasteiger partial charge in [-0.3, -0.25) is 10.0 Å². The number of carbonyl (C=O) groups is 1. The zero-order chi connectivity index (χ0) is 19.2. The highest BCUT2D eigenvalue weighted by Gasteiger charge is 2.24. The van der Waals surface area contributed by atoms with Gasteiger partial charge < -0.3 is 0 Å². The normalized spacial score (nSPS) is 16.0. The molecule has 27 heavy (non-hydrogen) atoms. The zero-order valence-electron chi connectivity index (χ0n) is 16.6. The van der Waals surface area contributed by atoms with Crippen molar-refractivity contribution in [1.29, 1.82) is 0 Å². The monoisotopic (exact) mass is 365 g/mol. The minimum atomic E-state index is -0.267. The lowest BCUT2D eigenvalue weighted by molar-refractivity contribution is -0.133. The van der Waals surface area contributed by atoms with Crippen molar-refractivity contribution >= 4 is 5.91 Å². The van der Waals surface area contributed by atoms with Crippen molar-refractivity contribution in [2.75, 3.05) is 0 Å². The van der Waals surface area contributed by atoms with Gasteiger partial charge in [-0.25, -0.2) is 5.48 Å². The summed E-state index contributed by atoms with van der Waals surface area (Å²) in [6.07, 6.45) is 8.42. The summed E-state index contributed by atoms with van der Waals surface area (Å²) in [5.41, 5.74) is 9.87. The molecule has 0 spiro atoms. The molecule has 1 aliphatic rings. The summed E-state index contributed by atoms with van der Waals surface area (Å²) in [6, 6.07) is 13.5. The molecule has 0 saturated heterocycles. The summed E-state index contributed by atoms with van der Waals surface area (Å²) in [5, 5.41) is 8.87. The van der Waals surface area contributed by atoms with Crippen LogP contribution >= 0.6 is 0 Å². The van der Waals surface area contributed by atoms with Crippen LogP contribution < -0.4 is 5.48 Å². The zero-order valence-corrected chi connectivity index (χ0v) is 16.6. The van der Waals surface area contributed by atoms with E-state index in [0.29, 0.717) is 6.42 Å². The molecule has 0 saturated carbocycles. The number of rotatable bonds is 7. The molecule has 0 aromatic heterocycles.